The minimum absolute atomic E-state index is 0.0486. The van der Waals surface area contributed by atoms with Crippen LogP contribution in [0, 0.1) is 11.6 Å². The first-order valence-corrected chi connectivity index (χ1v) is 6.42. The van der Waals surface area contributed by atoms with Crippen molar-refractivity contribution < 1.29 is 27.1 Å². The highest BCUT2D eigenvalue weighted by Gasteiger charge is 2.21. The second kappa shape index (κ2) is 6.26. The first-order chi connectivity index (χ1) is 9.90. The standard InChI is InChI=1S/C14H7BrF4O2/c15-9-5-6-10(16)11(12(9)17)13(20)7-1-3-8(4-2-7)21-14(18)19/h1-6,14H. The van der Waals surface area contributed by atoms with E-state index in [0.717, 1.165) is 36.4 Å². The van der Waals surface area contributed by atoms with Gasteiger partial charge in [0.25, 0.3) is 0 Å². The molecule has 0 aliphatic heterocycles. The van der Waals surface area contributed by atoms with Gasteiger partial charge in [-0.3, -0.25) is 4.79 Å². The van der Waals surface area contributed by atoms with E-state index in [9.17, 15) is 22.4 Å². The number of halogens is 5. The smallest absolute Gasteiger partial charge is 0.387 e. The largest absolute Gasteiger partial charge is 0.435 e. The summed E-state index contributed by atoms with van der Waals surface area (Å²) >= 11 is 2.86. The van der Waals surface area contributed by atoms with Gasteiger partial charge in [-0.1, -0.05) is 0 Å². The second-order valence-corrected chi connectivity index (χ2v) is 4.80. The van der Waals surface area contributed by atoms with Crippen LogP contribution in [0.15, 0.2) is 40.9 Å². The van der Waals surface area contributed by atoms with Crippen LogP contribution in [-0.2, 0) is 0 Å². The number of hydrogen-bond acceptors (Lipinski definition) is 2. The van der Waals surface area contributed by atoms with Crippen molar-refractivity contribution >= 4 is 21.7 Å². The maximum atomic E-state index is 13.8. The molecule has 0 amide bonds. The Hall–Kier alpha value is -1.89. The maximum absolute atomic E-state index is 13.8. The number of benzene rings is 2. The molecule has 110 valence electrons. The monoisotopic (exact) mass is 362 g/mol. The van der Waals surface area contributed by atoms with Gasteiger partial charge in [-0.25, -0.2) is 8.78 Å². The summed E-state index contributed by atoms with van der Waals surface area (Å²) in [7, 11) is 0. The summed E-state index contributed by atoms with van der Waals surface area (Å²) in [5, 5.41) is 0. The van der Waals surface area contributed by atoms with Crippen molar-refractivity contribution in [1.82, 2.24) is 0 Å². The number of carbonyl (C=O) groups is 1. The fourth-order valence-corrected chi connectivity index (χ4v) is 2.00. The molecule has 21 heavy (non-hydrogen) atoms. The molecule has 0 radical (unpaired) electrons. The third kappa shape index (κ3) is 3.41. The van der Waals surface area contributed by atoms with Crippen LogP contribution in [0.4, 0.5) is 17.6 Å². The van der Waals surface area contributed by atoms with E-state index in [4.69, 9.17) is 0 Å². The van der Waals surface area contributed by atoms with Crippen LogP contribution in [0.25, 0.3) is 0 Å². The summed E-state index contributed by atoms with van der Waals surface area (Å²) < 4.78 is 55.5. The number of rotatable bonds is 4. The molecule has 0 spiro atoms. The van der Waals surface area contributed by atoms with Gasteiger partial charge < -0.3 is 4.74 Å². The summed E-state index contributed by atoms with van der Waals surface area (Å²) in [6.45, 7) is -2.99. The molecule has 0 unspecified atom stereocenters. The molecule has 0 saturated carbocycles. The fourth-order valence-electron chi connectivity index (χ4n) is 1.67. The molecule has 0 bridgehead atoms. The van der Waals surface area contributed by atoms with Gasteiger partial charge in [-0.05, 0) is 52.3 Å². The molecule has 2 aromatic carbocycles. The van der Waals surface area contributed by atoms with Crippen LogP contribution in [0.5, 0.6) is 5.75 Å². The lowest BCUT2D eigenvalue weighted by Gasteiger charge is -2.07. The van der Waals surface area contributed by atoms with Crippen molar-refractivity contribution in [2.75, 3.05) is 0 Å². The van der Waals surface area contributed by atoms with Gasteiger partial charge in [-0.2, -0.15) is 8.78 Å². The molecule has 0 aliphatic carbocycles. The molecule has 2 nitrogen and oxygen atoms in total. The predicted molar refractivity (Wildman–Crippen MR) is 70.6 cm³/mol. The Balaban J connectivity index is 2.35. The van der Waals surface area contributed by atoms with Crippen LogP contribution in [-0.4, -0.2) is 12.4 Å². The van der Waals surface area contributed by atoms with Crippen molar-refractivity contribution in [2.24, 2.45) is 0 Å². The number of ketones is 1. The van der Waals surface area contributed by atoms with E-state index in [2.05, 4.69) is 20.7 Å². The van der Waals surface area contributed by atoms with Gasteiger partial charge in [0.05, 0.1) is 10.0 Å². The molecular weight excluding hydrogens is 356 g/mol. The summed E-state index contributed by atoms with van der Waals surface area (Å²) in [4.78, 5) is 12.1. The fraction of sp³-hybridized carbons (Fsp3) is 0.0714. The van der Waals surface area contributed by atoms with E-state index >= 15 is 0 Å². The van der Waals surface area contributed by atoms with Gasteiger partial charge in [0.1, 0.15) is 11.6 Å². The highest BCUT2D eigenvalue weighted by Crippen LogP contribution is 2.25. The lowest BCUT2D eigenvalue weighted by Crippen LogP contribution is -2.08. The average Bonchev–Trinajstić information content (AvgIpc) is 2.43. The number of ether oxygens (including phenoxy) is 1. The molecule has 0 heterocycles. The molecule has 2 rings (SSSR count). The lowest BCUT2D eigenvalue weighted by atomic mass is 10.0. The summed E-state index contributed by atoms with van der Waals surface area (Å²) in [6, 6.07) is 6.63. The Morgan fingerprint density at radius 1 is 1.05 bits per heavy atom. The van der Waals surface area contributed by atoms with Crippen LogP contribution >= 0.6 is 15.9 Å². The van der Waals surface area contributed by atoms with Crippen LogP contribution in [0.3, 0.4) is 0 Å². The van der Waals surface area contributed by atoms with E-state index in [0.29, 0.717) is 0 Å². The minimum Gasteiger partial charge on any atom is -0.435 e. The van der Waals surface area contributed by atoms with E-state index < -0.39 is 29.6 Å². The SMILES string of the molecule is O=C(c1ccc(OC(F)F)cc1)c1c(F)ccc(Br)c1F. The Labute approximate surface area is 125 Å². The number of carbonyl (C=O) groups excluding carboxylic acids is 1. The molecule has 0 N–H and O–H groups in total. The Kier molecular flexibility index (Phi) is 4.62. The molecule has 0 aliphatic rings. The molecule has 2 aromatic rings. The van der Waals surface area contributed by atoms with Crippen molar-refractivity contribution in [1.29, 1.82) is 0 Å². The summed E-state index contributed by atoms with van der Waals surface area (Å²) in [5.41, 5.74) is -0.764. The summed E-state index contributed by atoms with van der Waals surface area (Å²) in [6.07, 6.45) is 0. The Morgan fingerprint density at radius 2 is 1.67 bits per heavy atom. The molecule has 0 aromatic heterocycles. The maximum Gasteiger partial charge on any atom is 0.387 e. The zero-order valence-electron chi connectivity index (χ0n) is 10.2. The van der Waals surface area contributed by atoms with Crippen molar-refractivity contribution in [2.45, 2.75) is 6.61 Å². The van der Waals surface area contributed by atoms with E-state index in [-0.39, 0.29) is 15.8 Å². The average molecular weight is 363 g/mol. The van der Waals surface area contributed by atoms with Crippen LogP contribution in [0.1, 0.15) is 15.9 Å². The van der Waals surface area contributed by atoms with E-state index in [1.807, 2.05) is 0 Å². The molecule has 0 atom stereocenters. The van der Waals surface area contributed by atoms with Crippen LogP contribution in [0.2, 0.25) is 0 Å². The Morgan fingerprint density at radius 3 is 2.24 bits per heavy atom. The zero-order valence-corrected chi connectivity index (χ0v) is 11.8. The van der Waals surface area contributed by atoms with Gasteiger partial charge in [-0.15, -0.1) is 0 Å². The highest BCUT2D eigenvalue weighted by atomic mass is 79.9. The zero-order chi connectivity index (χ0) is 15.6. The molecule has 7 heteroatoms. The van der Waals surface area contributed by atoms with Crippen molar-refractivity contribution in [3.8, 4) is 5.75 Å². The Bertz CT molecular complexity index is 671. The van der Waals surface area contributed by atoms with E-state index in [1.165, 1.54) is 0 Å². The van der Waals surface area contributed by atoms with Gasteiger partial charge in [0.15, 0.2) is 11.6 Å². The highest BCUT2D eigenvalue weighted by molar-refractivity contribution is 9.10. The normalized spacial score (nSPS) is 10.8. The quantitative estimate of drug-likeness (QED) is 0.452. The third-order valence-electron chi connectivity index (χ3n) is 2.61. The predicted octanol–water partition coefficient (Wildman–Crippen LogP) is 4.56. The molecular formula is C14H7BrF4O2. The lowest BCUT2D eigenvalue weighted by molar-refractivity contribution is -0.0498. The first kappa shape index (κ1) is 15.5. The minimum atomic E-state index is -2.99. The molecule has 0 saturated heterocycles. The number of hydrogen-bond donors (Lipinski definition) is 0. The molecule has 0 fully saturated rings. The third-order valence-corrected chi connectivity index (χ3v) is 3.23. The van der Waals surface area contributed by atoms with Gasteiger partial charge in [0.2, 0.25) is 0 Å². The number of alkyl halides is 2. The summed E-state index contributed by atoms with van der Waals surface area (Å²) in [5.74, 6) is -3.08. The van der Waals surface area contributed by atoms with E-state index in [1.54, 1.807) is 0 Å². The van der Waals surface area contributed by atoms with Crippen LogP contribution < -0.4 is 4.74 Å². The van der Waals surface area contributed by atoms with Crippen molar-refractivity contribution in [3.63, 3.8) is 0 Å². The first-order valence-electron chi connectivity index (χ1n) is 5.63. The van der Waals surface area contributed by atoms with Gasteiger partial charge >= 0.3 is 6.61 Å². The second-order valence-electron chi connectivity index (χ2n) is 3.95. The topological polar surface area (TPSA) is 26.3 Å². The van der Waals surface area contributed by atoms with Gasteiger partial charge in [0, 0.05) is 5.56 Å². The van der Waals surface area contributed by atoms with Crippen molar-refractivity contribution in [3.05, 3.63) is 63.6 Å².